The van der Waals surface area contributed by atoms with E-state index in [1.54, 1.807) is 12.4 Å². The first-order valence-corrected chi connectivity index (χ1v) is 11.3. The number of benzene rings is 3. The average Bonchev–Trinajstić information content (AvgIpc) is 3.05. The van der Waals surface area contributed by atoms with Crippen LogP contribution in [0, 0.1) is 27.7 Å². The normalized spacial score (nSPS) is 15.1. The van der Waals surface area contributed by atoms with Crippen LogP contribution in [-0.4, -0.2) is 16.1 Å². The molecule has 2 heterocycles. The monoisotopic (exact) mass is 435 g/mol. The Kier molecular flexibility index (Phi) is 5.05. The highest BCUT2D eigenvalue weighted by Gasteiger charge is 2.38. The number of nitrogens with two attached hydrogens (primary N) is 1. The standard InChI is InChI=1S/C28H29N5/c1-17-13-18(2)15-23(14-17)32-21(5)33(28-27(32)30-11-12-31-28)25-10-9-22(16-24(25)29)26-19(3)7-6-8-20(26)4/h6-16,21H,29H2,1-5H3. The molecule has 1 unspecified atom stereocenters. The summed E-state index contributed by atoms with van der Waals surface area (Å²) in [6.45, 7) is 10.7. The zero-order valence-corrected chi connectivity index (χ0v) is 19.8. The Morgan fingerprint density at radius 1 is 0.758 bits per heavy atom. The first kappa shape index (κ1) is 21.0. The molecule has 2 N–H and O–H groups in total. The van der Waals surface area contributed by atoms with Crippen molar-refractivity contribution >= 4 is 28.7 Å². The smallest absolute Gasteiger partial charge is 0.178 e. The largest absolute Gasteiger partial charge is 0.397 e. The summed E-state index contributed by atoms with van der Waals surface area (Å²) in [5, 5.41) is 0. The van der Waals surface area contributed by atoms with Crippen LogP contribution in [0.3, 0.4) is 0 Å². The van der Waals surface area contributed by atoms with Gasteiger partial charge in [0.2, 0.25) is 0 Å². The van der Waals surface area contributed by atoms with E-state index < -0.39 is 0 Å². The lowest BCUT2D eigenvalue weighted by Crippen LogP contribution is -2.36. The van der Waals surface area contributed by atoms with Gasteiger partial charge in [0.05, 0.1) is 11.4 Å². The molecule has 1 atom stereocenters. The van der Waals surface area contributed by atoms with Gasteiger partial charge in [-0.05, 0) is 92.3 Å². The topological polar surface area (TPSA) is 58.3 Å². The Labute approximate surface area is 195 Å². The molecule has 0 radical (unpaired) electrons. The maximum Gasteiger partial charge on any atom is 0.178 e. The molecule has 0 amide bonds. The van der Waals surface area contributed by atoms with E-state index in [2.05, 4.69) is 99.0 Å². The van der Waals surface area contributed by atoms with Crippen molar-refractivity contribution in [3.8, 4) is 11.1 Å². The quantitative estimate of drug-likeness (QED) is 0.368. The summed E-state index contributed by atoms with van der Waals surface area (Å²) in [6.07, 6.45) is 3.46. The summed E-state index contributed by atoms with van der Waals surface area (Å²) >= 11 is 0. The van der Waals surface area contributed by atoms with Gasteiger partial charge in [0.15, 0.2) is 11.6 Å². The lowest BCUT2D eigenvalue weighted by molar-refractivity contribution is 0.754. The molecule has 1 aliphatic rings. The van der Waals surface area contributed by atoms with E-state index >= 15 is 0 Å². The van der Waals surface area contributed by atoms with E-state index in [0.29, 0.717) is 0 Å². The lowest BCUT2D eigenvalue weighted by Gasteiger charge is -2.30. The summed E-state index contributed by atoms with van der Waals surface area (Å²) in [6, 6.07) is 19.3. The van der Waals surface area contributed by atoms with Gasteiger partial charge in [0.25, 0.3) is 0 Å². The molecule has 1 aromatic heterocycles. The number of hydrogen-bond acceptors (Lipinski definition) is 5. The van der Waals surface area contributed by atoms with Crippen LogP contribution in [0.5, 0.6) is 0 Å². The van der Waals surface area contributed by atoms with Gasteiger partial charge < -0.3 is 15.5 Å². The van der Waals surface area contributed by atoms with Crippen LogP contribution in [0.25, 0.3) is 11.1 Å². The second-order valence-electron chi connectivity index (χ2n) is 8.96. The number of nitrogen functional groups attached to an aromatic ring is 1. The average molecular weight is 436 g/mol. The number of anilines is 5. The molecule has 4 aromatic rings. The molecule has 0 bridgehead atoms. The highest BCUT2D eigenvalue weighted by Crippen LogP contribution is 2.47. The first-order chi connectivity index (χ1) is 15.8. The molecule has 5 rings (SSSR count). The Morgan fingerprint density at radius 2 is 1.36 bits per heavy atom. The molecular formula is C28H29N5. The Bertz CT molecular complexity index is 1320. The van der Waals surface area contributed by atoms with E-state index in [1.165, 1.54) is 27.8 Å². The van der Waals surface area contributed by atoms with Crippen molar-refractivity contribution in [1.29, 1.82) is 0 Å². The minimum Gasteiger partial charge on any atom is -0.397 e. The van der Waals surface area contributed by atoms with Crippen molar-refractivity contribution in [3.63, 3.8) is 0 Å². The summed E-state index contributed by atoms with van der Waals surface area (Å²) in [4.78, 5) is 13.8. The fourth-order valence-corrected chi connectivity index (χ4v) is 5.07. The van der Waals surface area contributed by atoms with Gasteiger partial charge in [0.1, 0.15) is 6.17 Å². The third kappa shape index (κ3) is 3.50. The number of rotatable bonds is 3. The van der Waals surface area contributed by atoms with E-state index in [1.807, 2.05) is 0 Å². The molecule has 1 aliphatic heterocycles. The van der Waals surface area contributed by atoms with Crippen LogP contribution < -0.4 is 15.5 Å². The molecule has 0 saturated heterocycles. The third-order valence-corrected chi connectivity index (χ3v) is 6.41. The number of nitrogens with zero attached hydrogens (tertiary/aromatic N) is 4. The van der Waals surface area contributed by atoms with Crippen molar-refractivity contribution in [2.24, 2.45) is 0 Å². The fourth-order valence-electron chi connectivity index (χ4n) is 5.07. The molecule has 5 heteroatoms. The maximum atomic E-state index is 6.68. The lowest BCUT2D eigenvalue weighted by atomic mass is 9.95. The van der Waals surface area contributed by atoms with Gasteiger partial charge in [-0.1, -0.05) is 30.3 Å². The first-order valence-electron chi connectivity index (χ1n) is 11.3. The van der Waals surface area contributed by atoms with Crippen LogP contribution >= 0.6 is 0 Å². The molecule has 166 valence electrons. The van der Waals surface area contributed by atoms with Crippen LogP contribution in [-0.2, 0) is 0 Å². The van der Waals surface area contributed by atoms with Crippen molar-refractivity contribution in [2.75, 3.05) is 15.5 Å². The third-order valence-electron chi connectivity index (χ3n) is 6.41. The molecule has 0 saturated carbocycles. The number of fused-ring (bicyclic) bond motifs is 1. The predicted molar refractivity (Wildman–Crippen MR) is 137 cm³/mol. The summed E-state index contributed by atoms with van der Waals surface area (Å²) in [5.74, 6) is 1.66. The van der Waals surface area contributed by atoms with Crippen molar-refractivity contribution in [1.82, 2.24) is 9.97 Å². The van der Waals surface area contributed by atoms with Gasteiger partial charge in [-0.15, -0.1) is 0 Å². The molecule has 3 aromatic carbocycles. The number of hydrogen-bond donors (Lipinski definition) is 1. The second kappa shape index (κ2) is 7.93. The molecule has 0 aliphatic carbocycles. The minimum absolute atomic E-state index is 0.0306. The van der Waals surface area contributed by atoms with Crippen LogP contribution in [0.1, 0.15) is 29.2 Å². The van der Waals surface area contributed by atoms with E-state index in [9.17, 15) is 0 Å². The van der Waals surface area contributed by atoms with Gasteiger partial charge in [-0.3, -0.25) is 0 Å². The van der Waals surface area contributed by atoms with Crippen LogP contribution in [0.2, 0.25) is 0 Å². The van der Waals surface area contributed by atoms with Crippen LogP contribution in [0.15, 0.2) is 67.0 Å². The van der Waals surface area contributed by atoms with Crippen molar-refractivity contribution < 1.29 is 0 Å². The van der Waals surface area contributed by atoms with Crippen LogP contribution in [0.4, 0.5) is 28.7 Å². The number of aryl methyl sites for hydroxylation is 4. The summed E-state index contributed by atoms with van der Waals surface area (Å²) in [7, 11) is 0. The van der Waals surface area contributed by atoms with Crippen molar-refractivity contribution in [2.45, 2.75) is 40.8 Å². The number of aromatic nitrogens is 2. The highest BCUT2D eigenvalue weighted by molar-refractivity contribution is 5.89. The van der Waals surface area contributed by atoms with E-state index in [-0.39, 0.29) is 6.17 Å². The molecule has 0 spiro atoms. The van der Waals surface area contributed by atoms with Gasteiger partial charge in [0, 0.05) is 18.1 Å². The zero-order valence-electron chi connectivity index (χ0n) is 19.8. The highest BCUT2D eigenvalue weighted by atomic mass is 15.5. The Balaban J connectivity index is 1.61. The minimum atomic E-state index is -0.0306. The molecule has 5 nitrogen and oxygen atoms in total. The van der Waals surface area contributed by atoms with Crippen molar-refractivity contribution in [3.05, 3.63) is 89.2 Å². The molecule has 33 heavy (non-hydrogen) atoms. The van der Waals surface area contributed by atoms with Gasteiger partial charge >= 0.3 is 0 Å². The van der Waals surface area contributed by atoms with E-state index in [0.717, 1.165) is 34.3 Å². The Morgan fingerprint density at radius 3 is 1.97 bits per heavy atom. The second-order valence-corrected chi connectivity index (χ2v) is 8.96. The summed E-state index contributed by atoms with van der Waals surface area (Å²) in [5.41, 5.74) is 16.7. The molecule has 0 fully saturated rings. The Hall–Kier alpha value is -3.86. The SMILES string of the molecule is Cc1cc(C)cc(N2c3nccnc3N(c3ccc(-c4c(C)cccc4C)cc3N)C2C)c1. The predicted octanol–water partition coefficient (Wildman–Crippen LogP) is 6.60. The fraction of sp³-hybridized carbons (Fsp3) is 0.214. The van der Waals surface area contributed by atoms with Gasteiger partial charge in [-0.2, -0.15) is 0 Å². The summed E-state index contributed by atoms with van der Waals surface area (Å²) < 4.78 is 0. The maximum absolute atomic E-state index is 6.68. The molecular weight excluding hydrogens is 406 g/mol. The van der Waals surface area contributed by atoms with Gasteiger partial charge in [-0.25, -0.2) is 9.97 Å². The zero-order chi connectivity index (χ0) is 23.3. The van der Waals surface area contributed by atoms with E-state index in [4.69, 9.17) is 15.7 Å².